The van der Waals surface area contributed by atoms with E-state index in [2.05, 4.69) is 197 Å². The highest BCUT2D eigenvalue weighted by molar-refractivity contribution is 7.25. The van der Waals surface area contributed by atoms with Gasteiger partial charge in [0.05, 0.1) is 33.5 Å². The first-order valence-electron chi connectivity index (χ1n) is 20.0. The molecule has 1 atom stereocenters. The average molecular weight is 761 g/mol. The molecule has 0 saturated carbocycles. The van der Waals surface area contributed by atoms with E-state index < -0.39 is 0 Å². The summed E-state index contributed by atoms with van der Waals surface area (Å²) in [6, 6.07) is 57.3. The predicted octanol–water partition coefficient (Wildman–Crippen LogP) is 14.1. The summed E-state index contributed by atoms with van der Waals surface area (Å²) in [5, 5.41) is 7.37. The SMILES string of the molecule is C1=CCC(C2=NC(n3c4ccccc4c4ccc5c(c6ccccc6n5-c5ccccc5-c5ccc6c(c5)sc5ccccc56)c43)=NC(c3ccccc3)=CC2)C=C1. The van der Waals surface area contributed by atoms with Crippen molar-refractivity contribution in [2.45, 2.75) is 12.8 Å². The Balaban J connectivity index is 1.14. The van der Waals surface area contributed by atoms with Gasteiger partial charge in [0.25, 0.3) is 0 Å². The quantitative estimate of drug-likeness (QED) is 0.171. The zero-order valence-electron chi connectivity index (χ0n) is 31.6. The van der Waals surface area contributed by atoms with Crippen molar-refractivity contribution in [3.05, 3.63) is 194 Å². The van der Waals surface area contributed by atoms with Crippen LogP contribution in [0.2, 0.25) is 0 Å². The normalized spacial score (nSPS) is 15.8. The highest BCUT2D eigenvalue weighted by Gasteiger charge is 2.25. The molecule has 0 spiro atoms. The van der Waals surface area contributed by atoms with E-state index in [1.165, 1.54) is 52.8 Å². The molecule has 7 aromatic carbocycles. The molecule has 1 aliphatic carbocycles. The Morgan fingerprint density at radius 2 is 1.26 bits per heavy atom. The summed E-state index contributed by atoms with van der Waals surface area (Å²) in [5.41, 5.74) is 11.2. The van der Waals surface area contributed by atoms with Crippen molar-refractivity contribution in [2.75, 3.05) is 0 Å². The summed E-state index contributed by atoms with van der Waals surface area (Å²) in [6.45, 7) is 0. The van der Waals surface area contributed by atoms with E-state index in [4.69, 9.17) is 9.98 Å². The van der Waals surface area contributed by atoms with E-state index in [1.807, 2.05) is 11.3 Å². The smallest absolute Gasteiger partial charge is 0.235 e. The van der Waals surface area contributed by atoms with Crippen LogP contribution in [0.15, 0.2) is 198 Å². The summed E-state index contributed by atoms with van der Waals surface area (Å²) >= 11 is 1.86. The van der Waals surface area contributed by atoms with Gasteiger partial charge < -0.3 is 4.57 Å². The lowest BCUT2D eigenvalue weighted by atomic mass is 9.93. The van der Waals surface area contributed by atoms with Crippen molar-refractivity contribution in [3.63, 3.8) is 0 Å². The molecule has 2 aliphatic rings. The van der Waals surface area contributed by atoms with Gasteiger partial charge in [-0.2, -0.15) is 0 Å². The number of thiophene rings is 1. The van der Waals surface area contributed by atoms with Gasteiger partial charge in [-0.15, -0.1) is 11.3 Å². The van der Waals surface area contributed by atoms with Crippen LogP contribution in [0.4, 0.5) is 0 Å². The number of aliphatic imine (C=N–C) groups is 2. The van der Waals surface area contributed by atoms with E-state index in [9.17, 15) is 0 Å². The number of benzene rings is 7. The molecule has 4 nitrogen and oxygen atoms in total. The Labute approximate surface area is 339 Å². The van der Waals surface area contributed by atoms with Gasteiger partial charge >= 0.3 is 0 Å². The Hall–Kier alpha value is -7.08. The molecule has 0 radical (unpaired) electrons. The van der Waals surface area contributed by atoms with Gasteiger partial charge in [-0.05, 0) is 53.9 Å². The minimum Gasteiger partial charge on any atom is -0.309 e. The highest BCUT2D eigenvalue weighted by atomic mass is 32.1. The van der Waals surface area contributed by atoms with E-state index in [0.29, 0.717) is 5.96 Å². The first-order valence-corrected chi connectivity index (χ1v) is 20.8. The zero-order valence-corrected chi connectivity index (χ0v) is 32.4. The van der Waals surface area contributed by atoms with Crippen molar-refractivity contribution in [3.8, 4) is 16.8 Å². The Morgan fingerprint density at radius 1 is 0.534 bits per heavy atom. The Morgan fingerprint density at radius 3 is 2.12 bits per heavy atom. The molecular formula is C53H36N4S. The summed E-state index contributed by atoms with van der Waals surface area (Å²) in [4.78, 5) is 11.0. The molecule has 274 valence electrons. The highest BCUT2D eigenvalue weighted by Crippen LogP contribution is 2.44. The fourth-order valence-corrected chi connectivity index (χ4v) is 10.4. The first-order chi connectivity index (χ1) is 28.8. The number of fused-ring (bicyclic) bond motifs is 10. The number of allylic oxidation sites excluding steroid dienone is 5. The van der Waals surface area contributed by atoms with Crippen molar-refractivity contribution in [1.29, 1.82) is 0 Å². The van der Waals surface area contributed by atoms with Crippen molar-refractivity contribution < 1.29 is 0 Å². The van der Waals surface area contributed by atoms with Gasteiger partial charge in [0, 0.05) is 65.3 Å². The van der Waals surface area contributed by atoms with Crippen LogP contribution < -0.4 is 0 Å². The number of rotatable bonds is 4. The Kier molecular flexibility index (Phi) is 7.57. The van der Waals surface area contributed by atoms with Gasteiger partial charge in [0.2, 0.25) is 5.96 Å². The maximum Gasteiger partial charge on any atom is 0.235 e. The lowest BCUT2D eigenvalue weighted by Gasteiger charge is -2.16. The molecule has 1 aliphatic heterocycles. The maximum atomic E-state index is 5.55. The molecule has 10 aromatic rings. The Bertz CT molecular complexity index is 3460. The van der Waals surface area contributed by atoms with Gasteiger partial charge in [-0.25, -0.2) is 9.98 Å². The molecule has 12 rings (SSSR count). The zero-order chi connectivity index (χ0) is 38.2. The second-order valence-electron chi connectivity index (χ2n) is 15.2. The topological polar surface area (TPSA) is 34.6 Å². The van der Waals surface area contributed by atoms with Crippen LogP contribution >= 0.6 is 11.3 Å². The number of hydrogen-bond donors (Lipinski definition) is 0. The van der Waals surface area contributed by atoms with Crippen LogP contribution in [0.3, 0.4) is 0 Å². The molecule has 0 fully saturated rings. The largest absolute Gasteiger partial charge is 0.309 e. The van der Waals surface area contributed by atoms with Crippen LogP contribution in [0.5, 0.6) is 0 Å². The standard InChI is InChI=1S/C53H36N4S/c1-3-15-34(16-4-1)43-30-31-44(35-17-5-2-6-18-35)55-53(54-43)57-46-24-12-8-20-38(46)41-29-32-48-51(52(41)57)42-22-9-13-25-47(42)56(48)45-23-11-7-19-37(45)36-27-28-40-39-21-10-14-26-49(39)58-50(40)33-36/h1-17,19-30,32-33,35H,18,31H2. The summed E-state index contributed by atoms with van der Waals surface area (Å²) in [5.74, 6) is 0.901. The first kappa shape index (κ1) is 33.1. The molecule has 4 heterocycles. The molecule has 5 heteroatoms. The minimum atomic E-state index is 0.208. The fraction of sp³-hybridized carbons (Fsp3) is 0.0566. The number of nitrogens with zero attached hydrogens (tertiary/aromatic N) is 4. The van der Waals surface area contributed by atoms with Crippen LogP contribution in [0, 0.1) is 5.92 Å². The van der Waals surface area contributed by atoms with E-state index >= 15 is 0 Å². The average Bonchev–Trinajstić information content (AvgIpc) is 3.88. The fourth-order valence-electron chi connectivity index (χ4n) is 9.29. The van der Waals surface area contributed by atoms with Crippen LogP contribution in [-0.4, -0.2) is 20.8 Å². The molecule has 58 heavy (non-hydrogen) atoms. The van der Waals surface area contributed by atoms with E-state index in [-0.39, 0.29) is 5.92 Å². The lowest BCUT2D eigenvalue weighted by Crippen LogP contribution is -2.17. The van der Waals surface area contributed by atoms with Crippen molar-refractivity contribution in [1.82, 2.24) is 9.13 Å². The number of para-hydroxylation sites is 3. The summed E-state index contributed by atoms with van der Waals surface area (Å²) in [7, 11) is 0. The van der Waals surface area contributed by atoms with E-state index in [1.54, 1.807) is 0 Å². The molecule has 0 bridgehead atoms. The number of aromatic nitrogens is 2. The predicted molar refractivity (Wildman–Crippen MR) is 248 cm³/mol. The molecule has 3 aromatic heterocycles. The third-order valence-corrected chi connectivity index (χ3v) is 13.1. The third kappa shape index (κ3) is 5.13. The molecule has 0 amide bonds. The van der Waals surface area contributed by atoms with Crippen molar-refractivity contribution >= 4 is 92.5 Å². The van der Waals surface area contributed by atoms with Crippen LogP contribution in [0.1, 0.15) is 18.4 Å². The second-order valence-corrected chi connectivity index (χ2v) is 16.3. The van der Waals surface area contributed by atoms with Gasteiger partial charge in [0.1, 0.15) is 0 Å². The van der Waals surface area contributed by atoms with Gasteiger partial charge in [-0.1, -0.05) is 152 Å². The lowest BCUT2D eigenvalue weighted by molar-refractivity contribution is 0.855. The van der Waals surface area contributed by atoms with Crippen LogP contribution in [0.25, 0.3) is 86.3 Å². The monoisotopic (exact) mass is 760 g/mol. The van der Waals surface area contributed by atoms with Gasteiger partial charge in [0.15, 0.2) is 0 Å². The summed E-state index contributed by atoms with van der Waals surface area (Å²) in [6.07, 6.45) is 12.7. The van der Waals surface area contributed by atoms with Crippen LogP contribution in [-0.2, 0) is 0 Å². The molecule has 0 N–H and O–H groups in total. The van der Waals surface area contributed by atoms with Gasteiger partial charge in [-0.3, -0.25) is 4.57 Å². The third-order valence-electron chi connectivity index (χ3n) is 12.0. The minimum absolute atomic E-state index is 0.208. The number of hydrogen-bond acceptors (Lipinski definition) is 3. The summed E-state index contributed by atoms with van der Waals surface area (Å²) < 4.78 is 7.43. The second kappa shape index (κ2) is 13.3. The molecular weight excluding hydrogens is 725 g/mol. The maximum absolute atomic E-state index is 5.55. The van der Waals surface area contributed by atoms with E-state index in [0.717, 1.165) is 57.6 Å². The molecule has 1 unspecified atom stereocenters. The molecule has 0 saturated heterocycles. The van der Waals surface area contributed by atoms with Crippen molar-refractivity contribution in [2.24, 2.45) is 15.9 Å².